The van der Waals surface area contributed by atoms with Crippen LogP contribution in [0.4, 0.5) is 13.2 Å². The Bertz CT molecular complexity index is 675. The van der Waals surface area contributed by atoms with Crippen LogP contribution in [0.15, 0.2) is 36.4 Å². The zero-order chi connectivity index (χ0) is 15.0. The quantitative estimate of drug-likeness (QED) is 0.907. The average Bonchev–Trinajstić information content (AvgIpc) is 2.46. The Labute approximate surface area is 120 Å². The third-order valence-corrected chi connectivity index (χ3v) is 3.72. The molecular weight excluding hydrogens is 279 g/mol. The molecule has 0 bridgehead atoms. The van der Waals surface area contributed by atoms with Crippen LogP contribution in [0, 0.1) is 17.5 Å². The molecule has 110 valence electrons. The van der Waals surface area contributed by atoms with Crippen LogP contribution in [0.5, 0.6) is 5.75 Å². The van der Waals surface area contributed by atoms with Gasteiger partial charge >= 0.3 is 0 Å². The third-order valence-electron chi connectivity index (χ3n) is 3.72. The lowest BCUT2D eigenvalue weighted by Crippen LogP contribution is -2.27. The van der Waals surface area contributed by atoms with Gasteiger partial charge in [0, 0.05) is 29.7 Å². The molecule has 1 heterocycles. The van der Waals surface area contributed by atoms with Crippen molar-refractivity contribution in [1.29, 1.82) is 0 Å². The highest BCUT2D eigenvalue weighted by atomic mass is 19.1. The van der Waals surface area contributed by atoms with Gasteiger partial charge in [0.15, 0.2) is 0 Å². The fourth-order valence-electron chi connectivity index (χ4n) is 2.67. The van der Waals surface area contributed by atoms with Gasteiger partial charge in [-0.15, -0.1) is 0 Å². The van der Waals surface area contributed by atoms with Gasteiger partial charge in [-0.1, -0.05) is 0 Å². The SMILES string of the molecule is CNC1CC(c2ccc(F)cc2F)Oc2ccc(F)cc21. The number of rotatable bonds is 2. The van der Waals surface area contributed by atoms with Crippen molar-refractivity contribution >= 4 is 0 Å². The summed E-state index contributed by atoms with van der Waals surface area (Å²) in [6.45, 7) is 0. The van der Waals surface area contributed by atoms with E-state index in [4.69, 9.17) is 4.74 Å². The van der Waals surface area contributed by atoms with Crippen molar-refractivity contribution in [2.24, 2.45) is 0 Å². The van der Waals surface area contributed by atoms with Gasteiger partial charge < -0.3 is 10.1 Å². The zero-order valence-electron chi connectivity index (χ0n) is 11.4. The molecule has 0 amide bonds. The first-order valence-corrected chi connectivity index (χ1v) is 6.67. The second-order valence-electron chi connectivity index (χ2n) is 5.03. The van der Waals surface area contributed by atoms with E-state index in [1.54, 1.807) is 7.05 Å². The molecule has 5 heteroatoms. The van der Waals surface area contributed by atoms with Gasteiger partial charge in [-0.25, -0.2) is 13.2 Å². The summed E-state index contributed by atoms with van der Waals surface area (Å²) in [5, 5.41) is 3.07. The minimum absolute atomic E-state index is 0.154. The summed E-state index contributed by atoms with van der Waals surface area (Å²) >= 11 is 0. The summed E-state index contributed by atoms with van der Waals surface area (Å²) in [6.07, 6.45) is -0.101. The van der Waals surface area contributed by atoms with Crippen molar-refractivity contribution in [3.63, 3.8) is 0 Å². The summed E-state index contributed by atoms with van der Waals surface area (Å²) in [4.78, 5) is 0. The van der Waals surface area contributed by atoms with Gasteiger partial charge in [0.05, 0.1) is 0 Å². The molecule has 2 atom stereocenters. The van der Waals surface area contributed by atoms with Crippen molar-refractivity contribution in [3.05, 3.63) is 65.0 Å². The van der Waals surface area contributed by atoms with Crippen molar-refractivity contribution in [2.45, 2.75) is 18.6 Å². The molecule has 2 aromatic rings. The molecule has 0 spiro atoms. The normalized spacial score (nSPS) is 20.8. The molecule has 2 nitrogen and oxygen atoms in total. The number of fused-ring (bicyclic) bond motifs is 1. The topological polar surface area (TPSA) is 21.3 Å². The van der Waals surface area contributed by atoms with E-state index in [2.05, 4.69) is 5.32 Å². The minimum Gasteiger partial charge on any atom is -0.485 e. The standard InChI is InChI=1S/C16H14F3NO/c1-20-14-8-16(11-4-2-10(18)7-13(11)19)21-15-5-3-9(17)6-12(14)15/h2-7,14,16,20H,8H2,1H3. The van der Waals surface area contributed by atoms with Crippen LogP contribution in [0.3, 0.4) is 0 Å². The van der Waals surface area contributed by atoms with Crippen LogP contribution >= 0.6 is 0 Å². The van der Waals surface area contributed by atoms with Crippen LogP contribution in [0.25, 0.3) is 0 Å². The Balaban J connectivity index is 1.98. The first kappa shape index (κ1) is 13.9. The van der Waals surface area contributed by atoms with Crippen molar-refractivity contribution in [3.8, 4) is 5.75 Å². The molecule has 1 aliphatic rings. The molecule has 0 aliphatic carbocycles. The molecule has 2 aromatic carbocycles. The number of nitrogens with one attached hydrogen (secondary N) is 1. The Morgan fingerprint density at radius 2 is 1.71 bits per heavy atom. The lowest BCUT2D eigenvalue weighted by molar-refractivity contribution is 0.149. The van der Waals surface area contributed by atoms with Gasteiger partial charge in [0.2, 0.25) is 0 Å². The van der Waals surface area contributed by atoms with Gasteiger partial charge in [0.1, 0.15) is 29.3 Å². The van der Waals surface area contributed by atoms with Gasteiger partial charge in [-0.3, -0.25) is 0 Å². The van der Waals surface area contributed by atoms with E-state index in [0.717, 1.165) is 6.07 Å². The van der Waals surface area contributed by atoms with Crippen LogP contribution < -0.4 is 10.1 Å². The first-order valence-electron chi connectivity index (χ1n) is 6.67. The molecule has 0 saturated heterocycles. The molecular formula is C16H14F3NO. The second-order valence-corrected chi connectivity index (χ2v) is 5.03. The lowest BCUT2D eigenvalue weighted by Gasteiger charge is -2.32. The van der Waals surface area contributed by atoms with Gasteiger partial charge in [0.25, 0.3) is 0 Å². The Kier molecular flexibility index (Phi) is 3.59. The van der Waals surface area contributed by atoms with Crippen LogP contribution in [-0.4, -0.2) is 7.05 Å². The van der Waals surface area contributed by atoms with Gasteiger partial charge in [-0.2, -0.15) is 0 Å². The largest absolute Gasteiger partial charge is 0.485 e. The number of hydrogen-bond donors (Lipinski definition) is 1. The number of hydrogen-bond acceptors (Lipinski definition) is 2. The zero-order valence-corrected chi connectivity index (χ0v) is 11.4. The lowest BCUT2D eigenvalue weighted by atomic mass is 9.92. The monoisotopic (exact) mass is 293 g/mol. The molecule has 0 saturated carbocycles. The van der Waals surface area contributed by atoms with E-state index in [0.29, 0.717) is 23.3 Å². The fourth-order valence-corrected chi connectivity index (χ4v) is 2.67. The van der Waals surface area contributed by atoms with Crippen LogP contribution in [0.2, 0.25) is 0 Å². The predicted octanol–water partition coefficient (Wildman–Crippen LogP) is 3.89. The Morgan fingerprint density at radius 1 is 1.00 bits per heavy atom. The minimum atomic E-state index is -0.639. The molecule has 3 rings (SSSR count). The number of ether oxygens (including phenoxy) is 1. The van der Waals surface area contributed by atoms with Crippen molar-refractivity contribution in [2.75, 3.05) is 7.05 Å². The second kappa shape index (κ2) is 5.41. The highest BCUT2D eigenvalue weighted by Gasteiger charge is 2.30. The summed E-state index contributed by atoms with van der Waals surface area (Å²) in [5.41, 5.74) is 1.00. The number of halogens is 3. The van der Waals surface area contributed by atoms with E-state index < -0.39 is 17.7 Å². The molecule has 0 aromatic heterocycles. The molecule has 2 unspecified atom stereocenters. The van der Waals surface area contributed by atoms with E-state index in [9.17, 15) is 13.2 Å². The molecule has 21 heavy (non-hydrogen) atoms. The summed E-state index contributed by atoms with van der Waals surface area (Å²) in [6, 6.07) is 7.52. The average molecular weight is 293 g/mol. The Hall–Kier alpha value is -2.01. The smallest absolute Gasteiger partial charge is 0.133 e. The third kappa shape index (κ3) is 2.61. The molecule has 1 N–H and O–H groups in total. The predicted molar refractivity (Wildman–Crippen MR) is 72.5 cm³/mol. The summed E-state index contributed by atoms with van der Waals surface area (Å²) in [5.74, 6) is -1.10. The fraction of sp³-hybridized carbons (Fsp3) is 0.250. The summed E-state index contributed by atoms with van der Waals surface area (Å²) in [7, 11) is 1.75. The van der Waals surface area contributed by atoms with Crippen molar-refractivity contribution < 1.29 is 17.9 Å². The molecule has 0 fully saturated rings. The maximum Gasteiger partial charge on any atom is 0.133 e. The van der Waals surface area contributed by atoms with Gasteiger partial charge in [-0.05, 0) is 37.4 Å². The van der Waals surface area contributed by atoms with Crippen LogP contribution in [-0.2, 0) is 0 Å². The van der Waals surface area contributed by atoms with E-state index in [1.165, 1.54) is 30.3 Å². The maximum atomic E-state index is 13.9. The number of benzene rings is 2. The van der Waals surface area contributed by atoms with Crippen molar-refractivity contribution in [1.82, 2.24) is 5.32 Å². The maximum absolute atomic E-state index is 13.9. The van der Waals surface area contributed by atoms with Crippen LogP contribution in [0.1, 0.15) is 29.7 Å². The molecule has 0 radical (unpaired) electrons. The van der Waals surface area contributed by atoms with E-state index in [1.807, 2.05) is 0 Å². The molecule has 1 aliphatic heterocycles. The highest BCUT2D eigenvalue weighted by molar-refractivity contribution is 5.40. The Morgan fingerprint density at radius 3 is 2.43 bits per heavy atom. The highest BCUT2D eigenvalue weighted by Crippen LogP contribution is 2.41. The van der Waals surface area contributed by atoms with E-state index >= 15 is 0 Å². The first-order chi connectivity index (χ1) is 10.1. The summed E-state index contributed by atoms with van der Waals surface area (Å²) < 4.78 is 46.0. The van der Waals surface area contributed by atoms with E-state index in [-0.39, 0.29) is 11.9 Å².